The molecular formula is C20H24NO4+. The van der Waals surface area contributed by atoms with Crippen LogP contribution in [0.2, 0.25) is 0 Å². The van der Waals surface area contributed by atoms with Crippen LogP contribution in [0.15, 0.2) is 18.2 Å². The van der Waals surface area contributed by atoms with Crippen molar-refractivity contribution in [2.45, 2.75) is 18.9 Å². The number of phenolic OH excluding ortho intramolecular Hbond substituents is 2. The summed E-state index contributed by atoms with van der Waals surface area (Å²) in [6, 6.07) is 5.75. The lowest BCUT2D eigenvalue weighted by Crippen LogP contribution is -2.49. The molecule has 5 nitrogen and oxygen atoms in total. The molecule has 0 aromatic heterocycles. The second-order valence-corrected chi connectivity index (χ2v) is 7.53. The fourth-order valence-electron chi connectivity index (χ4n) is 4.41. The first kappa shape index (κ1) is 16.1. The van der Waals surface area contributed by atoms with Gasteiger partial charge >= 0.3 is 0 Å². The molecule has 5 heteroatoms. The van der Waals surface area contributed by atoms with Gasteiger partial charge in [0.15, 0.2) is 11.5 Å². The van der Waals surface area contributed by atoms with E-state index in [1.807, 2.05) is 12.1 Å². The van der Waals surface area contributed by atoms with E-state index in [4.69, 9.17) is 9.47 Å². The van der Waals surface area contributed by atoms with Gasteiger partial charge < -0.3 is 24.2 Å². The third kappa shape index (κ3) is 2.19. The number of benzene rings is 2. The molecule has 1 aliphatic carbocycles. The first-order valence-corrected chi connectivity index (χ1v) is 8.53. The molecule has 0 amide bonds. The Morgan fingerprint density at radius 3 is 2.44 bits per heavy atom. The normalized spacial score (nSPS) is 19.8. The van der Waals surface area contributed by atoms with Crippen LogP contribution in [0.3, 0.4) is 0 Å². The summed E-state index contributed by atoms with van der Waals surface area (Å²) < 4.78 is 11.6. The second-order valence-electron chi connectivity index (χ2n) is 7.53. The van der Waals surface area contributed by atoms with E-state index in [1.165, 1.54) is 5.56 Å². The van der Waals surface area contributed by atoms with Crippen LogP contribution in [0.5, 0.6) is 23.0 Å². The molecule has 1 aliphatic heterocycles. The van der Waals surface area contributed by atoms with Crippen molar-refractivity contribution in [3.05, 3.63) is 34.9 Å². The lowest BCUT2D eigenvalue weighted by Gasteiger charge is -2.46. The Hall–Kier alpha value is -2.40. The van der Waals surface area contributed by atoms with Crippen LogP contribution in [0.4, 0.5) is 0 Å². The number of ether oxygens (including phenoxy) is 2. The number of phenols is 2. The monoisotopic (exact) mass is 342 g/mol. The number of methoxy groups -OCH3 is 2. The summed E-state index contributed by atoms with van der Waals surface area (Å²) >= 11 is 0. The van der Waals surface area contributed by atoms with Gasteiger partial charge in [0.2, 0.25) is 0 Å². The first-order chi connectivity index (χ1) is 11.9. The third-order valence-electron chi connectivity index (χ3n) is 5.82. The Morgan fingerprint density at radius 1 is 1.00 bits per heavy atom. The van der Waals surface area contributed by atoms with Gasteiger partial charge in [0.1, 0.15) is 17.5 Å². The molecular weight excluding hydrogens is 318 g/mol. The molecule has 4 rings (SSSR count). The van der Waals surface area contributed by atoms with Crippen LogP contribution >= 0.6 is 0 Å². The minimum atomic E-state index is 0.106. The average molecular weight is 342 g/mol. The summed E-state index contributed by atoms with van der Waals surface area (Å²) in [6.07, 6.45) is 1.73. The van der Waals surface area contributed by atoms with E-state index >= 15 is 0 Å². The molecule has 1 atom stereocenters. The topological polar surface area (TPSA) is 58.9 Å². The maximum Gasteiger partial charge on any atom is 0.166 e. The van der Waals surface area contributed by atoms with Gasteiger partial charge in [-0.15, -0.1) is 0 Å². The van der Waals surface area contributed by atoms with Gasteiger partial charge in [0.25, 0.3) is 0 Å². The van der Waals surface area contributed by atoms with Gasteiger partial charge in [-0.1, -0.05) is 0 Å². The molecule has 132 valence electrons. The highest BCUT2D eigenvalue weighted by molar-refractivity contribution is 5.86. The zero-order valence-corrected chi connectivity index (χ0v) is 15.1. The minimum Gasteiger partial charge on any atom is -0.507 e. The van der Waals surface area contributed by atoms with Gasteiger partial charge in [0.05, 0.1) is 34.9 Å². The van der Waals surface area contributed by atoms with E-state index in [1.54, 1.807) is 20.3 Å². The summed E-state index contributed by atoms with van der Waals surface area (Å²) in [5.74, 6) is 1.33. The van der Waals surface area contributed by atoms with E-state index in [-0.39, 0.29) is 17.5 Å². The number of quaternary nitrogens is 1. The highest BCUT2D eigenvalue weighted by atomic mass is 16.5. The summed E-state index contributed by atoms with van der Waals surface area (Å²) in [5, 5.41) is 21.6. The van der Waals surface area contributed by atoms with Crippen LogP contribution in [-0.4, -0.2) is 49.6 Å². The van der Waals surface area contributed by atoms with Crippen molar-refractivity contribution in [3.63, 3.8) is 0 Å². The van der Waals surface area contributed by atoms with E-state index in [2.05, 4.69) is 14.1 Å². The maximum absolute atomic E-state index is 10.9. The van der Waals surface area contributed by atoms with E-state index in [0.717, 1.165) is 35.0 Å². The molecule has 0 spiro atoms. The van der Waals surface area contributed by atoms with Gasteiger partial charge in [-0.05, 0) is 23.3 Å². The van der Waals surface area contributed by atoms with Crippen LogP contribution in [0.1, 0.15) is 22.7 Å². The molecule has 0 saturated carbocycles. The fourth-order valence-corrected chi connectivity index (χ4v) is 4.41. The molecule has 1 heterocycles. The zero-order valence-electron chi connectivity index (χ0n) is 15.1. The van der Waals surface area contributed by atoms with Gasteiger partial charge in [-0.2, -0.15) is 0 Å². The van der Waals surface area contributed by atoms with E-state index in [9.17, 15) is 10.2 Å². The zero-order chi connectivity index (χ0) is 17.9. The van der Waals surface area contributed by atoms with Crippen molar-refractivity contribution in [1.82, 2.24) is 0 Å². The minimum absolute atomic E-state index is 0.106. The Morgan fingerprint density at radius 2 is 1.76 bits per heavy atom. The molecule has 2 aromatic rings. The summed E-state index contributed by atoms with van der Waals surface area (Å²) in [7, 11) is 7.61. The summed E-state index contributed by atoms with van der Waals surface area (Å²) in [5.41, 5.74) is 4.76. The molecule has 2 N–H and O–H groups in total. The predicted octanol–water partition coefficient (Wildman–Crippen LogP) is 3.01. The molecule has 25 heavy (non-hydrogen) atoms. The van der Waals surface area contributed by atoms with Crippen molar-refractivity contribution in [2.75, 3.05) is 34.9 Å². The van der Waals surface area contributed by atoms with Crippen molar-refractivity contribution >= 4 is 0 Å². The molecule has 0 radical (unpaired) electrons. The number of rotatable bonds is 2. The number of hydrogen-bond acceptors (Lipinski definition) is 4. The summed E-state index contributed by atoms with van der Waals surface area (Å²) in [6.45, 7) is 1.02. The standard InChI is InChI=1S/C20H23NO4/c1-21(2)6-5-11-9-16(25-4)20(23)19-17(11)14(21)8-12-7-13(24-3)10-15(22)18(12)19/h7,9-10,14H,5-6,8H2,1-4H3,(H-,22,23)/p+1. The number of nitrogens with zero attached hydrogens (tertiary/aromatic N) is 1. The molecule has 2 aromatic carbocycles. The maximum atomic E-state index is 10.9. The molecule has 0 fully saturated rings. The van der Waals surface area contributed by atoms with Crippen molar-refractivity contribution in [3.8, 4) is 34.1 Å². The average Bonchev–Trinajstić information content (AvgIpc) is 2.59. The number of likely N-dealkylation sites (N-methyl/N-ethyl adjacent to an activating group) is 1. The molecule has 2 aliphatic rings. The Kier molecular flexibility index (Phi) is 3.41. The van der Waals surface area contributed by atoms with Gasteiger partial charge in [0, 0.05) is 35.6 Å². The first-order valence-electron chi connectivity index (χ1n) is 8.53. The molecule has 0 saturated heterocycles. The highest BCUT2D eigenvalue weighted by Crippen LogP contribution is 2.55. The lowest BCUT2D eigenvalue weighted by molar-refractivity contribution is -0.923. The number of hydrogen-bond donors (Lipinski definition) is 2. The van der Waals surface area contributed by atoms with Crippen LogP contribution in [0.25, 0.3) is 11.1 Å². The van der Waals surface area contributed by atoms with Crippen LogP contribution in [-0.2, 0) is 12.8 Å². The Bertz CT molecular complexity index is 873. The SMILES string of the molecule is COc1cc(O)c2c(c1)CC1c3c(cc(OC)c(O)c3-2)CC[N+]1(C)C. The molecule has 1 unspecified atom stereocenters. The van der Waals surface area contributed by atoms with Crippen LogP contribution in [0, 0.1) is 0 Å². The summed E-state index contributed by atoms with van der Waals surface area (Å²) in [4.78, 5) is 0. The number of fused-ring (bicyclic) bond motifs is 2. The lowest BCUT2D eigenvalue weighted by atomic mass is 9.75. The largest absolute Gasteiger partial charge is 0.507 e. The number of aromatic hydroxyl groups is 2. The van der Waals surface area contributed by atoms with Gasteiger partial charge in [-0.25, -0.2) is 0 Å². The Labute approximate surface area is 147 Å². The van der Waals surface area contributed by atoms with Gasteiger partial charge in [-0.3, -0.25) is 0 Å². The van der Waals surface area contributed by atoms with Crippen molar-refractivity contribution in [1.29, 1.82) is 0 Å². The second kappa shape index (κ2) is 5.30. The fraction of sp³-hybridized carbons (Fsp3) is 0.400. The Balaban J connectivity index is 2.09. The molecule has 0 bridgehead atoms. The quantitative estimate of drug-likeness (QED) is 0.824. The van der Waals surface area contributed by atoms with E-state index < -0.39 is 0 Å². The predicted molar refractivity (Wildman–Crippen MR) is 95.4 cm³/mol. The van der Waals surface area contributed by atoms with Crippen molar-refractivity contribution in [2.24, 2.45) is 0 Å². The van der Waals surface area contributed by atoms with Crippen molar-refractivity contribution < 1.29 is 24.2 Å². The third-order valence-corrected chi connectivity index (χ3v) is 5.82. The van der Waals surface area contributed by atoms with E-state index in [0.29, 0.717) is 22.6 Å². The highest BCUT2D eigenvalue weighted by Gasteiger charge is 2.43. The smallest absolute Gasteiger partial charge is 0.166 e. The van der Waals surface area contributed by atoms with Crippen LogP contribution < -0.4 is 9.47 Å².